The van der Waals surface area contributed by atoms with E-state index in [0.29, 0.717) is 25.9 Å². The zero-order valence-electron chi connectivity index (χ0n) is 8.45. The molecule has 4 N–H and O–H groups in total. The van der Waals surface area contributed by atoms with E-state index in [-0.39, 0.29) is 5.96 Å². The lowest BCUT2D eigenvalue weighted by Gasteiger charge is -2.09. The monoisotopic (exact) mass is 201 g/mol. The highest BCUT2D eigenvalue weighted by Gasteiger charge is 2.14. The predicted octanol–water partition coefficient (Wildman–Crippen LogP) is -0.155. The second-order valence-electron chi connectivity index (χ2n) is 3.37. The van der Waals surface area contributed by atoms with Crippen molar-refractivity contribution in [2.45, 2.75) is 25.4 Å². The Kier molecular flexibility index (Phi) is 5.32. The summed E-state index contributed by atoms with van der Waals surface area (Å²) < 4.78 is 10.8. The van der Waals surface area contributed by atoms with Gasteiger partial charge >= 0.3 is 0 Å². The number of ether oxygens (including phenoxy) is 2. The van der Waals surface area contributed by atoms with Crippen molar-refractivity contribution < 1.29 is 9.47 Å². The quantitative estimate of drug-likeness (QED) is 0.355. The Balaban J connectivity index is 1.86. The van der Waals surface area contributed by atoms with Crippen LogP contribution in [0.4, 0.5) is 0 Å². The summed E-state index contributed by atoms with van der Waals surface area (Å²) in [6.45, 7) is 2.90. The Morgan fingerprint density at radius 1 is 1.50 bits per heavy atom. The number of hydrogen-bond acceptors (Lipinski definition) is 3. The number of rotatable bonds is 6. The van der Waals surface area contributed by atoms with Crippen LogP contribution in [0.25, 0.3) is 0 Å². The van der Waals surface area contributed by atoms with E-state index < -0.39 is 0 Å². The SMILES string of the molecule is NC(N)=NCCCOCC1CCCO1. The summed E-state index contributed by atoms with van der Waals surface area (Å²) in [5.41, 5.74) is 10.3. The van der Waals surface area contributed by atoms with E-state index in [1.807, 2.05) is 0 Å². The number of aliphatic imine (C=N–C) groups is 1. The molecule has 5 nitrogen and oxygen atoms in total. The van der Waals surface area contributed by atoms with Gasteiger partial charge in [0, 0.05) is 19.8 Å². The molecule has 0 bridgehead atoms. The minimum atomic E-state index is 0.143. The first-order valence-electron chi connectivity index (χ1n) is 5.04. The van der Waals surface area contributed by atoms with Crippen LogP contribution in [-0.2, 0) is 9.47 Å². The van der Waals surface area contributed by atoms with Gasteiger partial charge in [-0.15, -0.1) is 0 Å². The third-order valence-corrected chi connectivity index (χ3v) is 2.07. The Hall–Kier alpha value is -0.810. The predicted molar refractivity (Wildman–Crippen MR) is 55.1 cm³/mol. The molecule has 1 heterocycles. The first-order chi connectivity index (χ1) is 6.79. The molecule has 0 aromatic heterocycles. The van der Waals surface area contributed by atoms with Gasteiger partial charge in [-0.25, -0.2) is 0 Å². The third kappa shape index (κ3) is 5.04. The van der Waals surface area contributed by atoms with Crippen molar-refractivity contribution in [3.05, 3.63) is 0 Å². The van der Waals surface area contributed by atoms with Crippen LogP contribution in [0, 0.1) is 0 Å². The van der Waals surface area contributed by atoms with Crippen molar-refractivity contribution in [1.82, 2.24) is 0 Å². The summed E-state index contributed by atoms with van der Waals surface area (Å²) >= 11 is 0. The van der Waals surface area contributed by atoms with Crippen molar-refractivity contribution in [2.24, 2.45) is 16.5 Å². The Morgan fingerprint density at radius 3 is 3.00 bits per heavy atom. The molecule has 1 fully saturated rings. The fraction of sp³-hybridized carbons (Fsp3) is 0.889. The fourth-order valence-corrected chi connectivity index (χ4v) is 1.37. The van der Waals surface area contributed by atoms with E-state index in [4.69, 9.17) is 20.9 Å². The summed E-state index contributed by atoms with van der Waals surface area (Å²) in [5, 5.41) is 0. The smallest absolute Gasteiger partial charge is 0.185 e. The van der Waals surface area contributed by atoms with Crippen LogP contribution in [0.15, 0.2) is 4.99 Å². The maximum atomic E-state index is 5.42. The molecular formula is C9H19N3O2. The molecule has 0 aromatic carbocycles. The van der Waals surface area contributed by atoms with Gasteiger partial charge in [0.2, 0.25) is 0 Å². The van der Waals surface area contributed by atoms with Crippen LogP contribution in [0.2, 0.25) is 0 Å². The van der Waals surface area contributed by atoms with Gasteiger partial charge in [0.05, 0.1) is 12.7 Å². The van der Waals surface area contributed by atoms with E-state index in [1.165, 1.54) is 0 Å². The van der Waals surface area contributed by atoms with Crippen molar-refractivity contribution >= 4 is 5.96 Å². The minimum absolute atomic E-state index is 0.143. The zero-order valence-corrected chi connectivity index (χ0v) is 8.45. The molecule has 1 aliphatic rings. The van der Waals surface area contributed by atoms with Crippen molar-refractivity contribution in [3.63, 3.8) is 0 Å². The Labute approximate surface area is 84.5 Å². The van der Waals surface area contributed by atoms with Crippen molar-refractivity contribution in [1.29, 1.82) is 0 Å². The van der Waals surface area contributed by atoms with Gasteiger partial charge in [-0.1, -0.05) is 0 Å². The lowest BCUT2D eigenvalue weighted by Crippen LogP contribution is -2.23. The van der Waals surface area contributed by atoms with Crippen LogP contribution in [0.1, 0.15) is 19.3 Å². The van der Waals surface area contributed by atoms with Crippen LogP contribution < -0.4 is 11.5 Å². The molecule has 0 aromatic rings. The Morgan fingerprint density at radius 2 is 2.36 bits per heavy atom. The molecule has 0 saturated carbocycles. The first-order valence-corrected chi connectivity index (χ1v) is 5.04. The van der Waals surface area contributed by atoms with E-state index >= 15 is 0 Å². The average molecular weight is 201 g/mol. The number of nitrogens with two attached hydrogens (primary N) is 2. The van der Waals surface area contributed by atoms with Gasteiger partial charge in [-0.3, -0.25) is 4.99 Å². The highest BCUT2D eigenvalue weighted by Crippen LogP contribution is 2.11. The van der Waals surface area contributed by atoms with Gasteiger partial charge < -0.3 is 20.9 Å². The topological polar surface area (TPSA) is 82.9 Å². The zero-order chi connectivity index (χ0) is 10.2. The molecule has 14 heavy (non-hydrogen) atoms. The summed E-state index contributed by atoms with van der Waals surface area (Å²) in [7, 11) is 0. The highest BCUT2D eigenvalue weighted by atomic mass is 16.5. The van der Waals surface area contributed by atoms with Crippen LogP contribution in [-0.4, -0.2) is 38.4 Å². The summed E-state index contributed by atoms with van der Waals surface area (Å²) in [4.78, 5) is 3.85. The maximum absolute atomic E-state index is 5.42. The van der Waals surface area contributed by atoms with Crippen molar-refractivity contribution in [3.8, 4) is 0 Å². The fourth-order valence-electron chi connectivity index (χ4n) is 1.37. The van der Waals surface area contributed by atoms with Gasteiger partial charge in [0.15, 0.2) is 5.96 Å². The molecule has 0 aliphatic carbocycles. The lowest BCUT2D eigenvalue weighted by atomic mass is 10.2. The van der Waals surface area contributed by atoms with Crippen LogP contribution in [0.5, 0.6) is 0 Å². The van der Waals surface area contributed by atoms with Crippen LogP contribution in [0.3, 0.4) is 0 Å². The second kappa shape index (κ2) is 6.62. The average Bonchev–Trinajstić information content (AvgIpc) is 2.63. The van der Waals surface area contributed by atoms with Gasteiger partial charge in [-0.2, -0.15) is 0 Å². The molecule has 1 rings (SSSR count). The summed E-state index contributed by atoms with van der Waals surface area (Å²) in [6.07, 6.45) is 3.43. The minimum Gasteiger partial charge on any atom is -0.379 e. The summed E-state index contributed by atoms with van der Waals surface area (Å²) in [6, 6.07) is 0. The molecule has 0 spiro atoms. The summed E-state index contributed by atoms with van der Waals surface area (Å²) in [5.74, 6) is 0.143. The standard InChI is InChI=1S/C9H19N3O2/c10-9(11)12-4-2-5-13-7-8-3-1-6-14-8/h8H,1-7H2,(H4,10,11,12). The molecule has 0 radical (unpaired) electrons. The molecule has 82 valence electrons. The maximum Gasteiger partial charge on any atom is 0.185 e. The van der Waals surface area contributed by atoms with Crippen LogP contribution >= 0.6 is 0 Å². The first kappa shape index (κ1) is 11.3. The largest absolute Gasteiger partial charge is 0.379 e. The number of hydrogen-bond donors (Lipinski definition) is 2. The number of guanidine groups is 1. The van der Waals surface area contributed by atoms with Crippen molar-refractivity contribution in [2.75, 3.05) is 26.4 Å². The molecule has 1 saturated heterocycles. The molecule has 1 aliphatic heterocycles. The van der Waals surface area contributed by atoms with E-state index in [1.54, 1.807) is 0 Å². The third-order valence-electron chi connectivity index (χ3n) is 2.07. The normalized spacial score (nSPS) is 21.0. The molecule has 0 amide bonds. The van der Waals surface area contributed by atoms with Gasteiger partial charge in [0.25, 0.3) is 0 Å². The number of nitrogens with zero attached hydrogens (tertiary/aromatic N) is 1. The lowest BCUT2D eigenvalue weighted by molar-refractivity contribution is 0.0171. The van der Waals surface area contributed by atoms with E-state index in [2.05, 4.69) is 4.99 Å². The molecular weight excluding hydrogens is 182 g/mol. The Bertz CT molecular complexity index is 175. The molecule has 1 atom stereocenters. The van der Waals surface area contributed by atoms with Gasteiger partial charge in [0.1, 0.15) is 0 Å². The molecule has 5 heteroatoms. The van der Waals surface area contributed by atoms with E-state index in [9.17, 15) is 0 Å². The second-order valence-corrected chi connectivity index (χ2v) is 3.37. The van der Waals surface area contributed by atoms with E-state index in [0.717, 1.165) is 25.9 Å². The van der Waals surface area contributed by atoms with Gasteiger partial charge in [-0.05, 0) is 19.3 Å². The highest BCUT2D eigenvalue weighted by molar-refractivity contribution is 5.75. The molecule has 1 unspecified atom stereocenters.